The Morgan fingerprint density at radius 2 is 1.83 bits per heavy atom. The first-order valence-electron chi connectivity index (χ1n) is 5.73. The largest absolute Gasteiger partial charge is 0.399 e. The van der Waals surface area contributed by atoms with Gasteiger partial charge in [-0.3, -0.25) is 4.79 Å². The first-order chi connectivity index (χ1) is 8.59. The highest BCUT2D eigenvalue weighted by molar-refractivity contribution is 5.99. The van der Waals surface area contributed by atoms with Crippen LogP contribution in [0.15, 0.2) is 48.5 Å². The number of benzene rings is 2. The predicted octanol–water partition coefficient (Wildman–Crippen LogP) is 2.49. The van der Waals surface area contributed by atoms with Crippen LogP contribution in [-0.4, -0.2) is 10.9 Å². The summed E-state index contributed by atoms with van der Waals surface area (Å²) in [6.07, 6.45) is -1.15. The molecule has 3 N–H and O–H groups in total. The molecular formula is C15H15NO2. The fourth-order valence-electron chi connectivity index (χ4n) is 1.78. The number of carbonyl (C=O) groups is 1. The number of hydrogen-bond acceptors (Lipinski definition) is 3. The van der Waals surface area contributed by atoms with Gasteiger partial charge in [0, 0.05) is 11.3 Å². The van der Waals surface area contributed by atoms with Gasteiger partial charge in [-0.2, -0.15) is 0 Å². The average Bonchev–Trinajstić information content (AvgIpc) is 2.41. The van der Waals surface area contributed by atoms with Crippen molar-refractivity contribution in [1.29, 1.82) is 0 Å². The van der Waals surface area contributed by atoms with Crippen LogP contribution < -0.4 is 5.73 Å². The molecule has 92 valence electrons. The molecule has 2 rings (SSSR count). The van der Waals surface area contributed by atoms with E-state index in [1.807, 2.05) is 13.0 Å². The van der Waals surface area contributed by atoms with Crippen molar-refractivity contribution in [2.75, 3.05) is 5.73 Å². The Labute approximate surface area is 106 Å². The van der Waals surface area contributed by atoms with Gasteiger partial charge in [-0.05, 0) is 24.1 Å². The molecule has 0 aliphatic heterocycles. The third-order valence-electron chi connectivity index (χ3n) is 2.92. The highest BCUT2D eigenvalue weighted by Gasteiger charge is 2.19. The predicted molar refractivity (Wildman–Crippen MR) is 71.3 cm³/mol. The summed E-state index contributed by atoms with van der Waals surface area (Å²) in [6.45, 7) is 1.85. The first kappa shape index (κ1) is 12.3. The van der Waals surface area contributed by atoms with Crippen LogP contribution in [0.2, 0.25) is 0 Å². The lowest BCUT2D eigenvalue weighted by Crippen LogP contribution is -2.12. The monoisotopic (exact) mass is 241 g/mol. The van der Waals surface area contributed by atoms with Crippen LogP contribution in [0.4, 0.5) is 5.69 Å². The number of aryl methyl sites for hydroxylation is 1. The van der Waals surface area contributed by atoms with Gasteiger partial charge in [0.15, 0.2) is 5.78 Å². The van der Waals surface area contributed by atoms with Crippen LogP contribution in [0.1, 0.15) is 27.6 Å². The molecule has 3 nitrogen and oxygen atoms in total. The van der Waals surface area contributed by atoms with Gasteiger partial charge >= 0.3 is 0 Å². The number of carbonyl (C=O) groups excluding carboxylic acids is 1. The van der Waals surface area contributed by atoms with Gasteiger partial charge in [-0.25, -0.2) is 0 Å². The third kappa shape index (κ3) is 2.41. The smallest absolute Gasteiger partial charge is 0.195 e. The van der Waals surface area contributed by atoms with Crippen LogP contribution in [0.25, 0.3) is 0 Å². The van der Waals surface area contributed by atoms with E-state index in [1.54, 1.807) is 42.5 Å². The van der Waals surface area contributed by atoms with Crippen molar-refractivity contribution < 1.29 is 9.90 Å². The lowest BCUT2D eigenvalue weighted by atomic mass is 9.98. The van der Waals surface area contributed by atoms with Crippen LogP contribution in [-0.2, 0) is 0 Å². The number of hydrogen-bond donors (Lipinski definition) is 2. The van der Waals surface area contributed by atoms with E-state index in [0.717, 1.165) is 5.56 Å². The molecule has 0 heterocycles. The summed E-state index contributed by atoms with van der Waals surface area (Å²) in [4.78, 5) is 12.1. The van der Waals surface area contributed by atoms with Crippen LogP contribution >= 0.6 is 0 Å². The number of Topliss-reactive ketones (excluding diaryl/α,β-unsaturated/α-hetero) is 1. The molecule has 0 bridgehead atoms. The topological polar surface area (TPSA) is 63.3 Å². The fourth-order valence-corrected chi connectivity index (χ4v) is 1.78. The molecule has 0 saturated carbocycles. The number of aliphatic hydroxyl groups is 1. The molecule has 1 unspecified atom stereocenters. The maximum absolute atomic E-state index is 12.1. The molecule has 0 radical (unpaired) electrons. The Kier molecular flexibility index (Phi) is 3.44. The minimum absolute atomic E-state index is 0.306. The standard InChI is InChI=1S/C15H15NO2/c1-10-9-12(7-8-13(10)16)15(18)14(17)11-5-3-2-4-6-11/h2-9,15,18H,16H2,1H3. The van der Waals surface area contributed by atoms with Crippen molar-refractivity contribution in [3.8, 4) is 0 Å². The number of nitrogen functional groups attached to an aromatic ring is 1. The van der Waals surface area contributed by atoms with Crippen LogP contribution in [0, 0.1) is 6.92 Å². The number of aliphatic hydroxyl groups excluding tert-OH is 1. The van der Waals surface area contributed by atoms with E-state index >= 15 is 0 Å². The normalized spacial score (nSPS) is 12.1. The molecule has 2 aromatic rings. The minimum Gasteiger partial charge on any atom is -0.399 e. The summed E-state index contributed by atoms with van der Waals surface area (Å²) in [7, 11) is 0. The molecular weight excluding hydrogens is 226 g/mol. The molecule has 0 spiro atoms. The van der Waals surface area contributed by atoms with Gasteiger partial charge < -0.3 is 10.8 Å². The average molecular weight is 241 g/mol. The van der Waals surface area contributed by atoms with Crippen molar-refractivity contribution in [2.24, 2.45) is 0 Å². The quantitative estimate of drug-likeness (QED) is 0.641. The van der Waals surface area contributed by atoms with Gasteiger partial charge in [-0.1, -0.05) is 42.5 Å². The van der Waals surface area contributed by atoms with Crippen molar-refractivity contribution in [2.45, 2.75) is 13.0 Å². The Bertz CT molecular complexity index is 564. The second-order valence-electron chi connectivity index (χ2n) is 4.25. The van der Waals surface area contributed by atoms with E-state index < -0.39 is 6.10 Å². The van der Waals surface area contributed by atoms with Crippen LogP contribution in [0.3, 0.4) is 0 Å². The SMILES string of the molecule is Cc1cc(C(O)C(=O)c2ccccc2)ccc1N. The van der Waals surface area contributed by atoms with E-state index in [-0.39, 0.29) is 5.78 Å². The molecule has 0 amide bonds. The van der Waals surface area contributed by atoms with Crippen molar-refractivity contribution in [3.63, 3.8) is 0 Å². The molecule has 1 atom stereocenters. The second kappa shape index (κ2) is 5.02. The number of rotatable bonds is 3. The zero-order valence-corrected chi connectivity index (χ0v) is 10.1. The maximum atomic E-state index is 12.1. The van der Waals surface area contributed by atoms with E-state index in [4.69, 9.17) is 5.73 Å². The van der Waals surface area contributed by atoms with Gasteiger partial charge in [0.25, 0.3) is 0 Å². The summed E-state index contributed by atoms with van der Waals surface area (Å²) in [6, 6.07) is 13.9. The van der Waals surface area contributed by atoms with Crippen molar-refractivity contribution in [1.82, 2.24) is 0 Å². The van der Waals surface area contributed by atoms with Gasteiger partial charge in [0.2, 0.25) is 0 Å². The summed E-state index contributed by atoms with van der Waals surface area (Å²) in [5.41, 5.74) is 8.28. The van der Waals surface area contributed by atoms with E-state index in [0.29, 0.717) is 16.8 Å². The summed E-state index contributed by atoms with van der Waals surface area (Å²) >= 11 is 0. The molecule has 18 heavy (non-hydrogen) atoms. The minimum atomic E-state index is -1.15. The first-order valence-corrected chi connectivity index (χ1v) is 5.73. The van der Waals surface area contributed by atoms with Crippen molar-refractivity contribution in [3.05, 3.63) is 65.2 Å². The molecule has 0 aliphatic carbocycles. The van der Waals surface area contributed by atoms with Crippen molar-refractivity contribution >= 4 is 11.5 Å². The highest BCUT2D eigenvalue weighted by atomic mass is 16.3. The highest BCUT2D eigenvalue weighted by Crippen LogP contribution is 2.22. The summed E-state index contributed by atoms with van der Waals surface area (Å²) in [5, 5.41) is 10.1. The maximum Gasteiger partial charge on any atom is 0.195 e. The Balaban J connectivity index is 2.28. The molecule has 0 aliphatic rings. The van der Waals surface area contributed by atoms with Gasteiger partial charge in [0.05, 0.1) is 0 Å². The summed E-state index contributed by atoms with van der Waals surface area (Å²) in [5.74, 6) is -0.306. The lowest BCUT2D eigenvalue weighted by molar-refractivity contribution is 0.0747. The molecule has 0 saturated heterocycles. The fraction of sp³-hybridized carbons (Fsp3) is 0.133. The second-order valence-corrected chi connectivity index (χ2v) is 4.25. The zero-order chi connectivity index (χ0) is 13.1. The molecule has 0 fully saturated rings. The van der Waals surface area contributed by atoms with E-state index in [9.17, 15) is 9.90 Å². The Morgan fingerprint density at radius 3 is 2.44 bits per heavy atom. The zero-order valence-electron chi connectivity index (χ0n) is 10.1. The lowest BCUT2D eigenvalue weighted by Gasteiger charge is -2.11. The molecule has 3 heteroatoms. The number of anilines is 1. The van der Waals surface area contributed by atoms with Gasteiger partial charge in [-0.15, -0.1) is 0 Å². The Morgan fingerprint density at radius 1 is 1.17 bits per heavy atom. The number of nitrogens with two attached hydrogens (primary N) is 1. The Hall–Kier alpha value is -2.13. The molecule has 0 aromatic heterocycles. The van der Waals surface area contributed by atoms with Gasteiger partial charge in [0.1, 0.15) is 6.10 Å². The van der Waals surface area contributed by atoms with E-state index in [1.165, 1.54) is 0 Å². The van der Waals surface area contributed by atoms with E-state index in [2.05, 4.69) is 0 Å². The third-order valence-corrected chi connectivity index (χ3v) is 2.92. The van der Waals surface area contributed by atoms with Crippen LogP contribution in [0.5, 0.6) is 0 Å². The molecule has 2 aromatic carbocycles. The number of ketones is 1. The summed E-state index contributed by atoms with van der Waals surface area (Å²) < 4.78 is 0.